The van der Waals surface area contributed by atoms with Gasteiger partial charge in [0.15, 0.2) is 0 Å². The highest BCUT2D eigenvalue weighted by atomic mass is 35.5. The monoisotopic (exact) mass is 596 g/mol. The van der Waals surface area contributed by atoms with Gasteiger partial charge < -0.3 is 10.6 Å². The number of halogens is 12. The van der Waals surface area contributed by atoms with Crippen LogP contribution in [0.3, 0.4) is 0 Å². The van der Waals surface area contributed by atoms with Crippen molar-refractivity contribution in [3.63, 3.8) is 0 Å². The van der Waals surface area contributed by atoms with Crippen molar-refractivity contribution in [1.29, 1.82) is 0 Å². The van der Waals surface area contributed by atoms with Gasteiger partial charge in [-0.2, -0.15) is 39.5 Å². The third-order valence-electron chi connectivity index (χ3n) is 4.90. The van der Waals surface area contributed by atoms with Crippen LogP contribution in [0.4, 0.5) is 48.3 Å². The minimum absolute atomic E-state index is 0.0452. The minimum Gasteiger partial charge on any atom is -0.336 e. The predicted octanol–water partition coefficient (Wildman–Crippen LogP) is 7.30. The van der Waals surface area contributed by atoms with Crippen LogP contribution in [0.1, 0.15) is 46.3 Å². The molecule has 0 bridgehead atoms. The van der Waals surface area contributed by atoms with E-state index >= 15 is 0 Å². The van der Waals surface area contributed by atoms with E-state index < -0.39 is 87.8 Å². The second-order valence-corrected chi connectivity index (χ2v) is 8.43. The summed E-state index contributed by atoms with van der Waals surface area (Å²) in [6, 6.07) is 2.93. The summed E-state index contributed by atoms with van der Waals surface area (Å²) in [5.41, 5.74) is -4.78. The Morgan fingerprint density at radius 2 is 1.56 bits per heavy atom. The molecule has 2 aromatic carbocycles. The lowest BCUT2D eigenvalue weighted by atomic mass is 9.95. The fraction of sp³-hybridized carbons (Fsp3) is 0.304. The Labute approximate surface area is 217 Å². The molecule has 214 valence electrons. The average molecular weight is 597 g/mol. The van der Waals surface area contributed by atoms with E-state index in [9.17, 15) is 57.9 Å². The molecule has 4 nitrogen and oxygen atoms in total. The quantitative estimate of drug-likeness (QED) is 0.260. The van der Waals surface area contributed by atoms with Crippen molar-refractivity contribution in [2.45, 2.75) is 44.0 Å². The fourth-order valence-electron chi connectivity index (χ4n) is 3.24. The highest BCUT2D eigenvalue weighted by Crippen LogP contribution is 2.40. The van der Waals surface area contributed by atoms with Crippen LogP contribution in [0, 0.1) is 5.82 Å². The molecule has 0 aliphatic heterocycles. The first-order valence-electron chi connectivity index (χ1n) is 10.5. The van der Waals surface area contributed by atoms with Crippen LogP contribution >= 0.6 is 11.6 Å². The maximum atomic E-state index is 14.8. The Hall–Kier alpha value is -3.36. The minimum atomic E-state index is -5.34. The van der Waals surface area contributed by atoms with E-state index in [1.54, 1.807) is 5.32 Å². The molecule has 0 aromatic heterocycles. The number of alkyl halides is 9. The second-order valence-electron chi connectivity index (χ2n) is 8.02. The number of nitrogens with one attached hydrogen (secondary N) is 2. The molecule has 0 saturated carbocycles. The molecule has 0 saturated heterocycles. The predicted molar refractivity (Wildman–Crippen MR) is 116 cm³/mol. The van der Waals surface area contributed by atoms with Crippen LogP contribution in [0.2, 0.25) is 5.02 Å². The molecule has 0 heterocycles. The van der Waals surface area contributed by atoms with E-state index in [4.69, 9.17) is 11.6 Å². The zero-order valence-corrected chi connectivity index (χ0v) is 20.0. The summed E-state index contributed by atoms with van der Waals surface area (Å²) < 4.78 is 147. The van der Waals surface area contributed by atoms with Crippen LogP contribution in [-0.4, -0.2) is 30.3 Å². The zero-order valence-electron chi connectivity index (χ0n) is 19.3. The first-order chi connectivity index (χ1) is 17.7. The molecule has 1 unspecified atom stereocenters. The first kappa shape index (κ1) is 31.9. The molecule has 0 aliphatic rings. The zero-order chi connectivity index (χ0) is 29.9. The third kappa shape index (κ3) is 9.11. The van der Waals surface area contributed by atoms with E-state index in [0.717, 1.165) is 19.1 Å². The van der Waals surface area contributed by atoms with Crippen molar-refractivity contribution in [1.82, 2.24) is 10.6 Å². The maximum Gasteiger partial charge on any atom is 0.417 e. The maximum absolute atomic E-state index is 14.8. The van der Waals surface area contributed by atoms with Crippen molar-refractivity contribution in [3.8, 4) is 0 Å². The molecule has 39 heavy (non-hydrogen) atoms. The van der Waals surface area contributed by atoms with E-state index in [1.807, 2.05) is 5.32 Å². The lowest BCUT2D eigenvalue weighted by molar-refractivity contribution is -0.154. The second kappa shape index (κ2) is 11.8. The van der Waals surface area contributed by atoms with Crippen molar-refractivity contribution < 1.29 is 57.9 Å². The molecular formula is C23H16ClF11N2O2. The van der Waals surface area contributed by atoms with Gasteiger partial charge >= 0.3 is 18.5 Å². The summed E-state index contributed by atoms with van der Waals surface area (Å²) in [7, 11) is 0. The van der Waals surface area contributed by atoms with Gasteiger partial charge in [-0.1, -0.05) is 23.7 Å². The van der Waals surface area contributed by atoms with Crippen molar-refractivity contribution in [2.24, 2.45) is 0 Å². The van der Waals surface area contributed by atoms with E-state index in [1.165, 1.54) is 0 Å². The molecule has 2 amide bonds. The number of rotatable bonds is 7. The van der Waals surface area contributed by atoms with Crippen LogP contribution in [0.15, 0.2) is 42.5 Å². The Morgan fingerprint density at radius 3 is 2.08 bits per heavy atom. The van der Waals surface area contributed by atoms with E-state index in [2.05, 4.69) is 0 Å². The molecule has 16 heteroatoms. The Morgan fingerprint density at radius 1 is 0.949 bits per heavy atom. The molecule has 2 atom stereocenters. The summed E-state index contributed by atoms with van der Waals surface area (Å²) in [6.07, 6.45) is -19.0. The summed E-state index contributed by atoms with van der Waals surface area (Å²) >= 11 is 5.43. The third-order valence-corrected chi connectivity index (χ3v) is 5.21. The van der Waals surface area contributed by atoms with Gasteiger partial charge in [0, 0.05) is 5.56 Å². The normalized spacial score (nSPS) is 14.5. The topological polar surface area (TPSA) is 58.2 Å². The summed E-state index contributed by atoms with van der Waals surface area (Å²) in [5, 5.41) is 2.99. The van der Waals surface area contributed by atoms with Gasteiger partial charge in [-0.15, -0.1) is 0 Å². The molecule has 2 aromatic rings. The number of hydrogen-bond acceptors (Lipinski definition) is 2. The molecule has 2 rings (SSSR count). The highest BCUT2D eigenvalue weighted by molar-refractivity contribution is 6.30. The number of carbonyl (C=O) groups is 2. The van der Waals surface area contributed by atoms with Crippen LogP contribution in [0.5, 0.6) is 0 Å². The number of hydrogen-bond donors (Lipinski definition) is 2. The Balaban J connectivity index is 2.40. The average Bonchev–Trinajstić information content (AvgIpc) is 2.76. The molecular weight excluding hydrogens is 581 g/mol. The van der Waals surface area contributed by atoms with Crippen LogP contribution in [0.25, 0.3) is 5.83 Å². The van der Waals surface area contributed by atoms with Gasteiger partial charge in [0.1, 0.15) is 24.0 Å². The van der Waals surface area contributed by atoms with Crippen molar-refractivity contribution in [2.75, 3.05) is 0 Å². The standard InChI is InChI=1S/C23H16ClF11N2O2/c1-10(36-19(38)9-21(27,28)29)37-20(39)13-4-2-12(6-15(13)23(33,34)35)17(25)8-14(22(30,31)32)11-3-5-16(24)18(26)7-11/h2-8,10,14H,9H2,1H3,(H,36,38)(H,37,39)/b17-8-/t10-,14?/m1/s1. The van der Waals surface area contributed by atoms with Crippen molar-refractivity contribution >= 4 is 29.2 Å². The number of carbonyl (C=O) groups excluding carboxylic acids is 2. The van der Waals surface area contributed by atoms with Gasteiger partial charge in [-0.05, 0) is 42.8 Å². The molecule has 0 spiro atoms. The Bertz CT molecular complexity index is 1250. The molecule has 0 radical (unpaired) electrons. The fourth-order valence-corrected chi connectivity index (χ4v) is 3.36. The van der Waals surface area contributed by atoms with Gasteiger partial charge in [-0.25, -0.2) is 8.78 Å². The molecule has 2 N–H and O–H groups in total. The lowest BCUT2D eigenvalue weighted by Gasteiger charge is -2.20. The smallest absolute Gasteiger partial charge is 0.336 e. The molecule has 0 aliphatic carbocycles. The largest absolute Gasteiger partial charge is 0.417 e. The van der Waals surface area contributed by atoms with E-state index in [-0.39, 0.29) is 12.1 Å². The van der Waals surface area contributed by atoms with E-state index in [0.29, 0.717) is 18.2 Å². The summed E-state index contributed by atoms with van der Waals surface area (Å²) in [6.45, 7) is 0.951. The number of benzene rings is 2. The van der Waals surface area contributed by atoms with Gasteiger partial charge in [0.05, 0.1) is 22.3 Å². The Kier molecular flexibility index (Phi) is 9.64. The van der Waals surface area contributed by atoms with Gasteiger partial charge in [0.2, 0.25) is 5.91 Å². The number of allylic oxidation sites excluding steroid dienone is 1. The van der Waals surface area contributed by atoms with Crippen molar-refractivity contribution in [3.05, 3.63) is 75.6 Å². The number of amides is 2. The van der Waals surface area contributed by atoms with Crippen LogP contribution < -0.4 is 10.6 Å². The highest BCUT2D eigenvalue weighted by Gasteiger charge is 2.41. The summed E-state index contributed by atoms with van der Waals surface area (Å²) in [4.78, 5) is 23.6. The lowest BCUT2D eigenvalue weighted by Crippen LogP contribution is -2.47. The van der Waals surface area contributed by atoms with Gasteiger partial charge in [0.25, 0.3) is 5.91 Å². The molecule has 0 fully saturated rings. The SMILES string of the molecule is C[C@H](NC(=O)CC(F)(F)F)NC(=O)c1ccc(/C(F)=C/C(c2ccc(Cl)c(F)c2)C(F)(F)F)cc1C(F)(F)F. The van der Waals surface area contributed by atoms with Gasteiger partial charge in [-0.3, -0.25) is 9.59 Å². The first-order valence-corrected chi connectivity index (χ1v) is 10.8. The summed E-state index contributed by atoms with van der Waals surface area (Å²) in [5.74, 6) is -8.96. The van der Waals surface area contributed by atoms with Crippen LogP contribution in [-0.2, 0) is 11.0 Å².